The van der Waals surface area contributed by atoms with Crippen LogP contribution in [0.15, 0.2) is 42.5 Å². The Morgan fingerprint density at radius 3 is 2.18 bits per heavy atom. The molecule has 2 aromatic rings. The van der Waals surface area contributed by atoms with Crippen LogP contribution in [-0.2, 0) is 4.79 Å². The van der Waals surface area contributed by atoms with Gasteiger partial charge in [-0.2, -0.15) is 0 Å². The van der Waals surface area contributed by atoms with Crippen molar-refractivity contribution in [3.05, 3.63) is 68.7 Å². The number of nitrogens with zero attached hydrogens (tertiary/aromatic N) is 1. The summed E-state index contributed by atoms with van der Waals surface area (Å²) in [6.07, 6.45) is 0. The van der Waals surface area contributed by atoms with Gasteiger partial charge in [0.15, 0.2) is 0 Å². The quantitative estimate of drug-likeness (QED) is 0.370. The fourth-order valence-electron chi connectivity index (χ4n) is 2.31. The van der Waals surface area contributed by atoms with E-state index in [0.717, 1.165) is 6.07 Å². The van der Waals surface area contributed by atoms with Crippen molar-refractivity contribution in [3.8, 4) is 0 Å². The van der Waals surface area contributed by atoms with Gasteiger partial charge in [0.1, 0.15) is 5.56 Å². The predicted octanol–water partition coefficient (Wildman–Crippen LogP) is 2.37. The lowest BCUT2D eigenvalue weighted by atomic mass is 10.1. The van der Waals surface area contributed by atoms with Gasteiger partial charge in [0.25, 0.3) is 17.5 Å². The van der Waals surface area contributed by atoms with E-state index >= 15 is 0 Å². The van der Waals surface area contributed by atoms with Gasteiger partial charge in [0.2, 0.25) is 5.91 Å². The number of benzene rings is 2. The fraction of sp³-hybridized carbons (Fsp3) is 0.167. The second-order valence-corrected chi connectivity index (χ2v) is 6.13. The summed E-state index contributed by atoms with van der Waals surface area (Å²) in [5.41, 5.74) is 0.438. The topological polar surface area (TPSA) is 130 Å². The average Bonchev–Trinajstić information content (AvgIpc) is 2.64. The first-order valence-electron chi connectivity index (χ1n) is 8.16. The Morgan fingerprint density at radius 1 is 1.00 bits per heavy atom. The van der Waals surface area contributed by atoms with Crippen LogP contribution in [0.3, 0.4) is 0 Å². The molecule has 28 heavy (non-hydrogen) atoms. The number of amides is 3. The first-order valence-corrected chi connectivity index (χ1v) is 8.53. The standard InChI is InChI=1S/C18H17ClN4O5/c1-11(24)22-14-5-2-12(3-6-14)17(25)20-8-9-21-18(26)15-10-13(19)4-7-16(15)23(27)28/h2-7,10H,8-9H2,1H3,(H,20,25)(H,21,26)(H,22,24). The molecular weight excluding hydrogens is 388 g/mol. The zero-order valence-corrected chi connectivity index (χ0v) is 15.6. The minimum atomic E-state index is -0.669. The molecule has 3 amide bonds. The zero-order valence-electron chi connectivity index (χ0n) is 14.8. The number of hydrogen-bond donors (Lipinski definition) is 3. The molecular formula is C18H17ClN4O5. The SMILES string of the molecule is CC(=O)Nc1ccc(C(=O)NCCNC(=O)c2cc(Cl)ccc2[N+](=O)[O-])cc1. The van der Waals surface area contributed by atoms with Gasteiger partial charge in [-0.3, -0.25) is 24.5 Å². The fourth-order valence-corrected chi connectivity index (χ4v) is 2.48. The molecule has 0 atom stereocenters. The molecule has 0 aliphatic heterocycles. The van der Waals surface area contributed by atoms with E-state index in [0.29, 0.717) is 11.3 Å². The number of carbonyl (C=O) groups is 3. The zero-order chi connectivity index (χ0) is 20.7. The summed E-state index contributed by atoms with van der Waals surface area (Å²) < 4.78 is 0. The number of nitro benzene ring substituents is 1. The molecule has 0 radical (unpaired) electrons. The number of carbonyl (C=O) groups excluding carboxylic acids is 3. The van der Waals surface area contributed by atoms with Gasteiger partial charge in [-0.05, 0) is 36.4 Å². The van der Waals surface area contributed by atoms with Crippen molar-refractivity contribution in [2.45, 2.75) is 6.92 Å². The predicted molar refractivity (Wildman–Crippen MR) is 104 cm³/mol. The van der Waals surface area contributed by atoms with E-state index in [-0.39, 0.29) is 41.2 Å². The third-order valence-corrected chi connectivity index (χ3v) is 3.80. The molecule has 2 aromatic carbocycles. The molecule has 0 saturated carbocycles. The molecule has 0 saturated heterocycles. The van der Waals surface area contributed by atoms with Crippen LogP contribution in [0, 0.1) is 10.1 Å². The molecule has 0 unspecified atom stereocenters. The van der Waals surface area contributed by atoms with Crippen molar-refractivity contribution in [2.75, 3.05) is 18.4 Å². The van der Waals surface area contributed by atoms with E-state index in [9.17, 15) is 24.5 Å². The highest BCUT2D eigenvalue weighted by molar-refractivity contribution is 6.31. The van der Waals surface area contributed by atoms with Crippen LogP contribution in [0.1, 0.15) is 27.6 Å². The number of nitrogens with one attached hydrogen (secondary N) is 3. The number of anilines is 1. The van der Waals surface area contributed by atoms with Gasteiger partial charge in [0, 0.05) is 42.4 Å². The van der Waals surface area contributed by atoms with Crippen molar-refractivity contribution in [2.24, 2.45) is 0 Å². The summed E-state index contributed by atoms with van der Waals surface area (Å²) in [7, 11) is 0. The largest absolute Gasteiger partial charge is 0.350 e. The van der Waals surface area contributed by atoms with Crippen LogP contribution in [0.25, 0.3) is 0 Å². The molecule has 146 valence electrons. The molecule has 3 N–H and O–H groups in total. The molecule has 10 heteroatoms. The van der Waals surface area contributed by atoms with Crippen molar-refractivity contribution in [1.29, 1.82) is 0 Å². The van der Waals surface area contributed by atoms with Crippen molar-refractivity contribution >= 4 is 40.7 Å². The molecule has 2 rings (SSSR count). The van der Waals surface area contributed by atoms with Gasteiger partial charge in [-0.25, -0.2) is 0 Å². The lowest BCUT2D eigenvalue weighted by Crippen LogP contribution is -2.34. The molecule has 0 aliphatic carbocycles. The minimum absolute atomic E-state index is 0.0677. The molecule has 9 nitrogen and oxygen atoms in total. The third kappa shape index (κ3) is 5.78. The van der Waals surface area contributed by atoms with E-state index in [1.54, 1.807) is 24.3 Å². The molecule has 0 aromatic heterocycles. The second kappa shape index (κ2) is 9.47. The maximum atomic E-state index is 12.1. The summed E-state index contributed by atoms with van der Waals surface area (Å²) >= 11 is 5.79. The highest BCUT2D eigenvalue weighted by atomic mass is 35.5. The Kier molecular flexibility index (Phi) is 7.05. The van der Waals surface area contributed by atoms with Crippen LogP contribution in [0.4, 0.5) is 11.4 Å². The normalized spacial score (nSPS) is 10.1. The molecule has 0 spiro atoms. The Bertz CT molecular complexity index is 915. The smallest absolute Gasteiger partial charge is 0.282 e. The summed E-state index contributed by atoms with van der Waals surface area (Å²) in [5.74, 6) is -1.24. The lowest BCUT2D eigenvalue weighted by molar-refractivity contribution is -0.385. The maximum absolute atomic E-state index is 12.1. The lowest BCUT2D eigenvalue weighted by Gasteiger charge is -2.08. The summed E-state index contributed by atoms with van der Waals surface area (Å²) in [5, 5.41) is 18.9. The highest BCUT2D eigenvalue weighted by Crippen LogP contribution is 2.22. The van der Waals surface area contributed by atoms with Crippen LogP contribution < -0.4 is 16.0 Å². The number of nitro groups is 1. The van der Waals surface area contributed by atoms with E-state index < -0.39 is 10.8 Å². The van der Waals surface area contributed by atoms with Crippen molar-refractivity contribution in [3.63, 3.8) is 0 Å². The first kappa shape index (κ1) is 20.8. The van der Waals surface area contributed by atoms with Gasteiger partial charge in [-0.1, -0.05) is 11.6 Å². The monoisotopic (exact) mass is 404 g/mol. The van der Waals surface area contributed by atoms with E-state index in [1.165, 1.54) is 19.1 Å². The molecule has 0 fully saturated rings. The molecule has 0 aliphatic rings. The van der Waals surface area contributed by atoms with Gasteiger partial charge >= 0.3 is 0 Å². The maximum Gasteiger partial charge on any atom is 0.282 e. The molecule has 0 heterocycles. The van der Waals surface area contributed by atoms with Gasteiger partial charge < -0.3 is 16.0 Å². The van der Waals surface area contributed by atoms with Crippen LogP contribution in [0.2, 0.25) is 5.02 Å². The van der Waals surface area contributed by atoms with E-state index in [2.05, 4.69) is 16.0 Å². The Morgan fingerprint density at radius 2 is 1.61 bits per heavy atom. The van der Waals surface area contributed by atoms with Crippen LogP contribution >= 0.6 is 11.6 Å². The number of halogens is 1. The van der Waals surface area contributed by atoms with Gasteiger partial charge in [0.05, 0.1) is 4.92 Å². The Balaban J connectivity index is 1.86. The Hall–Kier alpha value is -3.46. The van der Waals surface area contributed by atoms with Crippen molar-refractivity contribution < 1.29 is 19.3 Å². The Labute approximate surface area is 165 Å². The second-order valence-electron chi connectivity index (χ2n) is 5.69. The summed E-state index contributed by atoms with van der Waals surface area (Å²) in [6, 6.07) is 9.98. The van der Waals surface area contributed by atoms with Crippen LogP contribution in [-0.4, -0.2) is 35.7 Å². The molecule has 0 bridgehead atoms. The number of rotatable bonds is 7. The van der Waals surface area contributed by atoms with E-state index in [4.69, 9.17) is 11.6 Å². The summed E-state index contributed by atoms with van der Waals surface area (Å²) in [6.45, 7) is 1.57. The van der Waals surface area contributed by atoms with Crippen molar-refractivity contribution in [1.82, 2.24) is 10.6 Å². The van der Waals surface area contributed by atoms with E-state index in [1.807, 2.05) is 0 Å². The summed E-state index contributed by atoms with van der Waals surface area (Å²) in [4.78, 5) is 45.5. The highest BCUT2D eigenvalue weighted by Gasteiger charge is 2.20. The average molecular weight is 405 g/mol. The van der Waals surface area contributed by atoms with Gasteiger partial charge in [-0.15, -0.1) is 0 Å². The first-order chi connectivity index (χ1) is 13.3. The number of hydrogen-bond acceptors (Lipinski definition) is 5. The minimum Gasteiger partial charge on any atom is -0.350 e. The third-order valence-electron chi connectivity index (χ3n) is 3.56. The van der Waals surface area contributed by atoms with Crippen LogP contribution in [0.5, 0.6) is 0 Å².